The number of carbonyl (C=O) groups excluding carboxylic acids is 5. The summed E-state index contributed by atoms with van der Waals surface area (Å²) in [5.74, 6) is 3.22. The maximum atomic E-state index is 13.9. The van der Waals surface area contributed by atoms with Gasteiger partial charge in [0.15, 0.2) is 28.7 Å². The lowest BCUT2D eigenvalue weighted by Crippen LogP contribution is -2.66. The van der Waals surface area contributed by atoms with Crippen molar-refractivity contribution in [1.29, 1.82) is 0 Å². The fourth-order valence-electron chi connectivity index (χ4n) is 21.3. The first-order valence-electron chi connectivity index (χ1n) is 35.0. The van der Waals surface area contributed by atoms with Crippen molar-refractivity contribution in [2.75, 3.05) is 6.61 Å². The van der Waals surface area contributed by atoms with Crippen LogP contribution in [-0.4, -0.2) is 60.5 Å². The molecule has 0 radical (unpaired) electrons. The number of allylic oxidation sites excluding steroid dienone is 2. The fourth-order valence-corrected chi connectivity index (χ4v) is 25.8. The summed E-state index contributed by atoms with van der Waals surface area (Å²) in [7, 11) is -2.66. The fraction of sp³-hybridized carbons (Fsp3) is 0.588. The Hall–Kier alpha value is -5.55. The number of carbonyl (C=O) groups is 5. The van der Waals surface area contributed by atoms with Crippen molar-refractivity contribution < 1.29 is 43.0 Å². The van der Waals surface area contributed by atoms with Gasteiger partial charge in [-0.1, -0.05) is 162 Å². The molecule has 0 amide bonds. The molecule has 0 heterocycles. The van der Waals surface area contributed by atoms with Gasteiger partial charge < -0.3 is 19.0 Å². The molecule has 1 N–H and O–H groups in total. The lowest BCUT2D eigenvalue weighted by molar-refractivity contribution is -0.172. The molecule has 0 bridgehead atoms. The number of hydrogen-bond acceptors (Lipinski definition) is 9. The quantitative estimate of drug-likeness (QED) is 0.0763. The van der Waals surface area contributed by atoms with Crippen LogP contribution in [0.1, 0.15) is 213 Å². The predicted octanol–water partition coefficient (Wildman–Crippen LogP) is 16.5. The Kier molecular flexibility index (Phi) is 19.1. The molecular weight excluding hydrogens is 1130 g/mol. The standard InChI is InChI=1S/C49H62O6Si.C31H42O3/c1-7-53-45(52)55-49(35(2)50)32-28-44-42-25-24-38-33-39(51)26-30-47(38,6)43(42)27-31-48(44,49)29-14-15-36-20-22-37(23-21-36)34-54-56(46(3,4)5,40-16-10-8-11-17-40)41-18-12-9-13-19-41;1-4-22-7-9-23(10-8-22)6-5-16-30-18-14-27-26(28(30)15-19-31(30,34)21(2)32)12-11-24-20-25(33)13-17-29(24,27)3/h8-13,16-23,33,42-44H,7,14-15,24-32,34H2,1-6H3;7-10,20,26-28,34H,4-6,11-19H2,1-3H3/t42-,43-,44+,47-,48+,49+;26-,27-,28+,29-,30+,31+/m11/s1. The highest BCUT2D eigenvalue weighted by Crippen LogP contribution is 2.71. The van der Waals surface area contributed by atoms with Gasteiger partial charge in [0.2, 0.25) is 0 Å². The SMILES string of the molecule is CCOC(=O)O[C@]1(C(C)=O)CC[C@H]2[C@@H]3CCC4=CC(=O)CC[C@@]4(C)[C@@H]3CC[C@@]21CCCc1ccc(CO[Si](c2ccccc2)(c2ccccc2)C(C)(C)C)cc1.CCc1ccc(CCC[C@]23CC[C@@H]4[C@@H](CCC5=CC(=O)CC[C@]54C)[C@@H]2CC[C@]3(O)C(C)=O)cc1. The number of aliphatic hydroxyl groups is 1. The van der Waals surface area contributed by atoms with Crippen LogP contribution in [0.15, 0.2) is 132 Å². The first kappa shape index (κ1) is 65.9. The summed E-state index contributed by atoms with van der Waals surface area (Å²) < 4.78 is 18.8. The molecule has 8 aliphatic rings. The summed E-state index contributed by atoms with van der Waals surface area (Å²) in [4.78, 5) is 64.5. The molecule has 10 heteroatoms. The summed E-state index contributed by atoms with van der Waals surface area (Å²) in [6.07, 6.45) is 23.9. The van der Waals surface area contributed by atoms with Crippen LogP contribution in [0.4, 0.5) is 4.79 Å². The van der Waals surface area contributed by atoms with Crippen molar-refractivity contribution in [2.24, 2.45) is 57.2 Å². The van der Waals surface area contributed by atoms with Crippen LogP contribution in [-0.2, 0) is 58.9 Å². The summed E-state index contributed by atoms with van der Waals surface area (Å²) in [5.41, 5.74) is 4.91. The molecule has 8 aliphatic carbocycles. The summed E-state index contributed by atoms with van der Waals surface area (Å²) in [6.45, 7) is 19.7. The van der Waals surface area contributed by atoms with E-state index < -0.39 is 31.1 Å². The molecule has 4 aromatic rings. The van der Waals surface area contributed by atoms with Gasteiger partial charge in [0.05, 0.1) is 13.2 Å². The molecule has 12 atom stereocenters. The number of aryl methyl sites for hydroxylation is 3. The number of Topliss-reactive ketones (excluding diaryl/α,β-unsaturated/α-hetero) is 2. The number of rotatable bonds is 18. The minimum absolute atomic E-state index is 0.0217. The minimum Gasteiger partial charge on any atom is -0.435 e. The molecule has 0 aromatic heterocycles. The first-order valence-corrected chi connectivity index (χ1v) is 36.9. The van der Waals surface area contributed by atoms with Gasteiger partial charge in [-0.25, -0.2) is 4.79 Å². The van der Waals surface area contributed by atoms with E-state index in [1.807, 2.05) is 12.2 Å². The molecule has 4 aromatic carbocycles. The van der Waals surface area contributed by atoms with E-state index in [0.29, 0.717) is 67.7 Å². The zero-order valence-corrected chi connectivity index (χ0v) is 56.9. The minimum atomic E-state index is -2.66. The lowest BCUT2D eigenvalue weighted by atomic mass is 9.45. The van der Waals surface area contributed by atoms with Gasteiger partial charge in [0.1, 0.15) is 5.60 Å². The van der Waals surface area contributed by atoms with E-state index in [-0.39, 0.29) is 51.2 Å². The van der Waals surface area contributed by atoms with Gasteiger partial charge in [0, 0.05) is 23.7 Å². The first-order chi connectivity index (χ1) is 43.0. The van der Waals surface area contributed by atoms with E-state index in [0.717, 1.165) is 128 Å². The molecule has 0 saturated heterocycles. The summed E-state index contributed by atoms with van der Waals surface area (Å²) >= 11 is 0. The Morgan fingerprint density at radius 3 is 1.48 bits per heavy atom. The Labute approximate surface area is 539 Å². The molecule has 6 saturated carbocycles. The van der Waals surface area contributed by atoms with E-state index in [1.54, 1.807) is 20.8 Å². The van der Waals surface area contributed by atoms with Gasteiger partial charge in [-0.05, 0) is 252 Å². The lowest BCUT2D eigenvalue weighted by Gasteiger charge is -2.60. The van der Waals surface area contributed by atoms with Crippen molar-refractivity contribution in [3.63, 3.8) is 0 Å². The van der Waals surface area contributed by atoms with Gasteiger partial charge >= 0.3 is 6.16 Å². The molecule has 9 nitrogen and oxygen atoms in total. The van der Waals surface area contributed by atoms with Gasteiger partial charge in [-0.2, -0.15) is 0 Å². The number of ether oxygens (including phenoxy) is 2. The smallest absolute Gasteiger partial charge is 0.435 e. The van der Waals surface area contributed by atoms with Crippen molar-refractivity contribution in [3.8, 4) is 0 Å². The Morgan fingerprint density at radius 2 is 1.00 bits per heavy atom. The zero-order valence-electron chi connectivity index (χ0n) is 55.9. The third-order valence-corrected chi connectivity index (χ3v) is 30.7. The third-order valence-electron chi connectivity index (χ3n) is 25.8. The second-order valence-electron chi connectivity index (χ2n) is 30.6. The highest BCUT2D eigenvalue weighted by atomic mass is 28.4. The average molecular weight is 1240 g/mol. The monoisotopic (exact) mass is 1240 g/mol. The van der Waals surface area contributed by atoms with Crippen LogP contribution in [0, 0.1) is 57.2 Å². The Bertz CT molecular complexity index is 3290. The second kappa shape index (κ2) is 26.1. The molecule has 6 fully saturated rings. The predicted molar refractivity (Wildman–Crippen MR) is 360 cm³/mol. The molecular formula is C80H104O9Si. The van der Waals surface area contributed by atoms with Crippen molar-refractivity contribution in [3.05, 3.63) is 155 Å². The van der Waals surface area contributed by atoms with E-state index in [4.69, 9.17) is 13.9 Å². The normalized spacial score (nSPS) is 32.6. The number of fused-ring (bicyclic) bond motifs is 10. The number of benzene rings is 4. The van der Waals surface area contributed by atoms with Crippen LogP contribution in [0.25, 0.3) is 0 Å². The van der Waals surface area contributed by atoms with Crippen molar-refractivity contribution in [1.82, 2.24) is 0 Å². The molecule has 0 spiro atoms. The summed E-state index contributed by atoms with van der Waals surface area (Å²) in [6, 6.07) is 39.4. The third kappa shape index (κ3) is 11.6. The number of ketones is 4. The highest BCUT2D eigenvalue weighted by Gasteiger charge is 2.70. The second-order valence-corrected chi connectivity index (χ2v) is 34.9. The zero-order chi connectivity index (χ0) is 63.9. The molecule has 482 valence electrons. The largest absolute Gasteiger partial charge is 0.509 e. The van der Waals surface area contributed by atoms with E-state index in [9.17, 15) is 29.1 Å². The van der Waals surface area contributed by atoms with Crippen LogP contribution in [0.5, 0.6) is 0 Å². The van der Waals surface area contributed by atoms with Crippen molar-refractivity contribution in [2.45, 2.75) is 233 Å². The van der Waals surface area contributed by atoms with Crippen LogP contribution >= 0.6 is 0 Å². The highest BCUT2D eigenvalue weighted by molar-refractivity contribution is 6.99. The Morgan fingerprint density at radius 1 is 0.544 bits per heavy atom. The van der Waals surface area contributed by atoms with Crippen LogP contribution in [0.2, 0.25) is 5.04 Å². The van der Waals surface area contributed by atoms with Crippen molar-refractivity contribution >= 4 is 48.0 Å². The van der Waals surface area contributed by atoms with Crippen LogP contribution < -0.4 is 10.4 Å². The van der Waals surface area contributed by atoms with Gasteiger partial charge in [-0.3, -0.25) is 19.2 Å². The average Bonchev–Trinajstić information content (AvgIpc) is 1.45. The topological polar surface area (TPSA) is 133 Å². The maximum absolute atomic E-state index is 13.9. The van der Waals surface area contributed by atoms with E-state index in [1.165, 1.54) is 38.2 Å². The number of hydrogen-bond donors (Lipinski definition) is 1. The van der Waals surface area contributed by atoms with Gasteiger partial charge in [-0.15, -0.1) is 0 Å². The van der Waals surface area contributed by atoms with E-state index >= 15 is 0 Å². The molecule has 0 aliphatic heterocycles. The van der Waals surface area contributed by atoms with Crippen LogP contribution in [0.3, 0.4) is 0 Å². The Balaban J connectivity index is 0.000000209. The molecule has 0 unspecified atom stereocenters. The van der Waals surface area contributed by atoms with E-state index in [2.05, 4.69) is 151 Å². The molecule has 90 heavy (non-hydrogen) atoms. The molecule has 12 rings (SSSR count). The van der Waals surface area contributed by atoms with Gasteiger partial charge in [0.25, 0.3) is 8.32 Å². The summed E-state index contributed by atoms with van der Waals surface area (Å²) in [5, 5.41) is 14.3. The maximum Gasteiger partial charge on any atom is 0.509 e.